The fourth-order valence-corrected chi connectivity index (χ4v) is 10.2. The molecule has 5 nitrogen and oxygen atoms in total. The Morgan fingerprint density at radius 1 is 0.973 bits per heavy atom. The van der Waals surface area contributed by atoms with E-state index in [0.29, 0.717) is 11.4 Å². The Kier molecular flexibility index (Phi) is 5.07. The number of fused-ring (bicyclic) bond motifs is 9. The summed E-state index contributed by atoms with van der Waals surface area (Å²) in [6.45, 7) is 0. The Hall–Kier alpha value is -2.56. The molecule has 3 fully saturated rings. The van der Waals surface area contributed by atoms with Gasteiger partial charge in [-0.3, -0.25) is 19.3 Å². The quantitative estimate of drug-likeness (QED) is 0.402. The molecule has 2 aromatic carbocycles. The van der Waals surface area contributed by atoms with Crippen LogP contribution >= 0.6 is 34.7 Å². The summed E-state index contributed by atoms with van der Waals surface area (Å²) < 4.78 is 40.0. The number of anilines is 1. The minimum Gasteiger partial charge on any atom is -0.307 e. The number of aromatic amines is 1. The largest absolute Gasteiger partial charge is 0.416 e. The second kappa shape index (κ2) is 7.97. The van der Waals surface area contributed by atoms with Crippen LogP contribution < -0.4 is 9.77 Å². The molecule has 0 radical (unpaired) electrons. The summed E-state index contributed by atoms with van der Waals surface area (Å²) in [6, 6.07) is 11.9. The van der Waals surface area contributed by atoms with Crippen molar-refractivity contribution in [1.82, 2.24) is 4.98 Å². The number of amides is 2. The highest BCUT2D eigenvalue weighted by atomic mass is 35.5. The van der Waals surface area contributed by atoms with Crippen molar-refractivity contribution in [3.63, 3.8) is 0 Å². The number of halogens is 4. The van der Waals surface area contributed by atoms with Crippen molar-refractivity contribution in [2.24, 2.45) is 29.6 Å². The van der Waals surface area contributed by atoms with Gasteiger partial charge in [0.05, 0.1) is 28.1 Å². The van der Waals surface area contributed by atoms with Crippen LogP contribution in [-0.4, -0.2) is 22.0 Å². The van der Waals surface area contributed by atoms with Crippen LogP contribution in [0.5, 0.6) is 0 Å². The number of imide groups is 1. The molecule has 3 aromatic rings. The first-order chi connectivity index (χ1) is 17.6. The molecule has 2 aliphatic carbocycles. The van der Waals surface area contributed by atoms with Gasteiger partial charge in [0.25, 0.3) is 0 Å². The molecule has 2 aliphatic heterocycles. The lowest BCUT2D eigenvalue weighted by Gasteiger charge is -2.43. The summed E-state index contributed by atoms with van der Waals surface area (Å²) in [5, 5.41) is 1.39. The molecule has 1 aromatic heterocycles. The minimum absolute atomic E-state index is 0.00267. The number of hydrogen-bond donors (Lipinski definition) is 1. The van der Waals surface area contributed by atoms with Crippen molar-refractivity contribution < 1.29 is 22.8 Å². The van der Waals surface area contributed by atoms with Gasteiger partial charge in [-0.1, -0.05) is 41.1 Å². The maximum absolute atomic E-state index is 13.7. The summed E-state index contributed by atoms with van der Waals surface area (Å²) >= 11 is 8.87. The van der Waals surface area contributed by atoms with E-state index in [9.17, 15) is 27.6 Å². The van der Waals surface area contributed by atoms with Gasteiger partial charge in [-0.05, 0) is 60.1 Å². The van der Waals surface area contributed by atoms with Gasteiger partial charge >= 0.3 is 11.0 Å². The Bertz CT molecular complexity index is 1520. The lowest BCUT2D eigenvalue weighted by Crippen LogP contribution is -2.42. The van der Waals surface area contributed by atoms with E-state index in [4.69, 9.17) is 11.6 Å². The van der Waals surface area contributed by atoms with Gasteiger partial charge in [0.1, 0.15) is 0 Å². The van der Waals surface area contributed by atoms with Gasteiger partial charge < -0.3 is 4.98 Å². The number of benzene rings is 2. The van der Waals surface area contributed by atoms with Crippen LogP contribution in [-0.2, 0) is 15.8 Å². The third-order valence-electron chi connectivity index (χ3n) is 8.38. The Morgan fingerprint density at radius 3 is 2.38 bits per heavy atom. The first-order valence-corrected chi connectivity index (χ1v) is 13.9. The molecule has 0 unspecified atom stereocenters. The van der Waals surface area contributed by atoms with Crippen molar-refractivity contribution in [3.05, 3.63) is 79.2 Å². The molecule has 190 valence electrons. The van der Waals surface area contributed by atoms with Crippen molar-refractivity contribution in [2.45, 2.75) is 28.8 Å². The highest BCUT2D eigenvalue weighted by Crippen LogP contribution is 2.68. The molecule has 3 heterocycles. The third kappa shape index (κ3) is 3.34. The summed E-state index contributed by atoms with van der Waals surface area (Å²) in [7, 11) is 0. The lowest BCUT2D eigenvalue weighted by atomic mass is 9.68. The number of rotatable bonds is 2. The van der Waals surface area contributed by atoms with E-state index in [1.807, 2.05) is 12.1 Å². The highest BCUT2D eigenvalue weighted by Gasteiger charge is 2.69. The van der Waals surface area contributed by atoms with E-state index in [1.54, 1.807) is 23.9 Å². The van der Waals surface area contributed by atoms with Gasteiger partial charge in [-0.15, -0.1) is 11.8 Å². The summed E-state index contributed by atoms with van der Waals surface area (Å²) in [6.07, 6.45) is -3.88. The highest BCUT2D eigenvalue weighted by molar-refractivity contribution is 8.00. The van der Waals surface area contributed by atoms with Crippen molar-refractivity contribution in [2.75, 3.05) is 4.90 Å². The van der Waals surface area contributed by atoms with Crippen LogP contribution in [0, 0.1) is 29.6 Å². The second-order valence-electron chi connectivity index (χ2n) is 10.1. The van der Waals surface area contributed by atoms with Crippen molar-refractivity contribution in [1.29, 1.82) is 0 Å². The molecular formula is C26H18ClF3N2O3S2. The predicted octanol–water partition coefficient (Wildman–Crippen LogP) is 5.79. The van der Waals surface area contributed by atoms with Gasteiger partial charge in [0.2, 0.25) is 11.8 Å². The summed E-state index contributed by atoms with van der Waals surface area (Å²) in [4.78, 5) is 44.3. The first-order valence-electron chi connectivity index (χ1n) is 11.8. The van der Waals surface area contributed by atoms with Crippen LogP contribution in [0.3, 0.4) is 0 Å². The minimum atomic E-state index is -4.58. The molecule has 2 bridgehead atoms. The summed E-state index contributed by atoms with van der Waals surface area (Å²) in [5.41, 5.74) is 0.0600. The molecule has 7 atom stereocenters. The molecule has 0 spiro atoms. The van der Waals surface area contributed by atoms with Crippen LogP contribution in [0.2, 0.25) is 5.02 Å². The van der Waals surface area contributed by atoms with E-state index in [1.165, 1.54) is 23.5 Å². The number of carbonyl (C=O) groups is 2. The normalized spacial score (nSPS) is 32.0. The molecule has 11 heteroatoms. The molecule has 4 aliphatic rings. The Morgan fingerprint density at radius 2 is 1.68 bits per heavy atom. The van der Waals surface area contributed by atoms with Gasteiger partial charge in [0, 0.05) is 21.1 Å². The van der Waals surface area contributed by atoms with Crippen LogP contribution in [0.4, 0.5) is 18.9 Å². The molecule has 1 N–H and O–H groups in total. The number of thiazole rings is 1. The number of hydrogen-bond acceptors (Lipinski definition) is 5. The standard InChI is InChI=1S/C26H18ClF3N2O3S2/c27-12-6-4-10(5-7-12)16-17-14-9-15(20(17)36-22-21(16)37-25(35)31-22)19-18(14)23(33)32(24(19)34)13-3-1-2-11(8-13)26(28,29)30/h1-8,14-20H,9H2,(H,31,35)/t14-,15+,16+,17+,18+,19+,20-/m1/s1. The number of carbonyl (C=O) groups excluding carboxylic acids is 2. The molecule has 2 saturated carbocycles. The van der Waals surface area contributed by atoms with Crippen LogP contribution in [0.25, 0.3) is 0 Å². The zero-order chi connectivity index (χ0) is 25.8. The molecule has 7 rings (SSSR count). The first kappa shape index (κ1) is 23.5. The average Bonchev–Trinajstić information content (AvgIpc) is 3.58. The number of H-pyrrole nitrogens is 1. The molecule has 2 amide bonds. The smallest absolute Gasteiger partial charge is 0.307 e. The number of thioether (sulfide) groups is 1. The fourth-order valence-electron chi connectivity index (χ4n) is 7.14. The topological polar surface area (TPSA) is 70.2 Å². The number of alkyl halides is 3. The number of nitrogens with one attached hydrogen (secondary N) is 1. The van der Waals surface area contributed by atoms with E-state index >= 15 is 0 Å². The number of aromatic nitrogens is 1. The van der Waals surface area contributed by atoms with Gasteiger partial charge in [-0.2, -0.15) is 13.2 Å². The number of nitrogens with zero attached hydrogens (tertiary/aromatic N) is 1. The third-order valence-corrected chi connectivity index (χ3v) is 11.2. The predicted molar refractivity (Wildman–Crippen MR) is 134 cm³/mol. The summed E-state index contributed by atoms with van der Waals surface area (Å²) in [5.74, 6) is -2.35. The Balaban J connectivity index is 1.30. The van der Waals surface area contributed by atoms with Gasteiger partial charge in [0.15, 0.2) is 0 Å². The molecular weight excluding hydrogens is 545 g/mol. The second-order valence-corrected chi connectivity index (χ2v) is 12.7. The van der Waals surface area contributed by atoms with E-state index in [-0.39, 0.29) is 39.5 Å². The van der Waals surface area contributed by atoms with E-state index < -0.39 is 35.4 Å². The monoisotopic (exact) mass is 562 g/mol. The van der Waals surface area contributed by atoms with Crippen LogP contribution in [0.1, 0.15) is 28.3 Å². The maximum atomic E-state index is 13.7. The fraction of sp³-hybridized carbons (Fsp3) is 0.346. The molecule has 37 heavy (non-hydrogen) atoms. The average molecular weight is 563 g/mol. The van der Waals surface area contributed by atoms with E-state index in [0.717, 1.165) is 32.5 Å². The lowest BCUT2D eigenvalue weighted by molar-refractivity contribution is -0.137. The van der Waals surface area contributed by atoms with Crippen molar-refractivity contribution >= 4 is 52.2 Å². The van der Waals surface area contributed by atoms with E-state index in [2.05, 4.69) is 4.98 Å². The zero-order valence-electron chi connectivity index (χ0n) is 18.9. The SMILES string of the molecule is O=C1[C@H]2[C@@H]3C[C@@H]([C@@H]2C(=O)N1c1cccc(C(F)(F)F)c1)[C@H]1[C@H](c2ccc(Cl)cc2)c2sc(=O)[nH]c2S[C@H]31. The molecule has 1 saturated heterocycles. The van der Waals surface area contributed by atoms with Crippen LogP contribution in [0.15, 0.2) is 58.4 Å². The zero-order valence-corrected chi connectivity index (χ0v) is 21.3. The van der Waals surface area contributed by atoms with Crippen molar-refractivity contribution in [3.8, 4) is 0 Å². The maximum Gasteiger partial charge on any atom is 0.416 e. The Labute approximate surface area is 222 Å². The van der Waals surface area contributed by atoms with Gasteiger partial charge in [-0.25, -0.2) is 0 Å².